The summed E-state index contributed by atoms with van der Waals surface area (Å²) in [6.45, 7) is 4.75. The summed E-state index contributed by atoms with van der Waals surface area (Å²) in [6.07, 6.45) is 5.65. The molecule has 0 atom stereocenters. The molecule has 1 aromatic carbocycles. The second-order valence-corrected chi connectivity index (χ2v) is 6.28. The number of anilines is 1. The van der Waals surface area contributed by atoms with Crippen LogP contribution in [0, 0.1) is 6.92 Å². The van der Waals surface area contributed by atoms with Crippen LogP contribution in [0.3, 0.4) is 0 Å². The summed E-state index contributed by atoms with van der Waals surface area (Å²) >= 11 is 0. The van der Waals surface area contributed by atoms with E-state index in [-0.39, 0.29) is 5.56 Å². The van der Waals surface area contributed by atoms with Crippen LogP contribution >= 0.6 is 0 Å². The molecule has 6 nitrogen and oxygen atoms in total. The highest BCUT2D eigenvalue weighted by Gasteiger charge is 2.16. The lowest BCUT2D eigenvalue weighted by Crippen LogP contribution is -2.38. The number of nitrogens with zero attached hydrogens (tertiary/aromatic N) is 3. The third kappa shape index (κ3) is 3.23. The number of aromatic amines is 1. The number of nitrogens with one attached hydrogen (secondary N) is 1. The normalized spacial score (nSPS) is 15.0. The molecule has 0 saturated carbocycles. The van der Waals surface area contributed by atoms with E-state index < -0.39 is 0 Å². The van der Waals surface area contributed by atoms with E-state index in [4.69, 9.17) is 4.74 Å². The fraction of sp³-hybridized carbons (Fsp3) is 0.250. The van der Waals surface area contributed by atoms with E-state index in [2.05, 4.69) is 27.9 Å². The van der Waals surface area contributed by atoms with Gasteiger partial charge in [-0.15, -0.1) is 0 Å². The van der Waals surface area contributed by atoms with Gasteiger partial charge in [0.2, 0.25) is 5.95 Å². The molecule has 0 bridgehead atoms. The van der Waals surface area contributed by atoms with Gasteiger partial charge in [0.15, 0.2) is 5.65 Å². The highest BCUT2D eigenvalue weighted by molar-refractivity contribution is 5.88. The molecule has 0 aliphatic carbocycles. The summed E-state index contributed by atoms with van der Waals surface area (Å²) in [5.41, 5.74) is 3.40. The van der Waals surface area contributed by atoms with E-state index in [1.165, 1.54) is 5.56 Å². The molecule has 132 valence electrons. The molecule has 2 aromatic heterocycles. The van der Waals surface area contributed by atoms with Gasteiger partial charge in [0.25, 0.3) is 5.56 Å². The molecule has 0 unspecified atom stereocenters. The van der Waals surface area contributed by atoms with Crippen LogP contribution in [-0.4, -0.2) is 41.3 Å². The highest BCUT2D eigenvalue weighted by atomic mass is 16.5. The van der Waals surface area contributed by atoms with Crippen LogP contribution in [0.25, 0.3) is 23.2 Å². The monoisotopic (exact) mass is 348 g/mol. The zero-order valence-electron chi connectivity index (χ0n) is 14.6. The van der Waals surface area contributed by atoms with E-state index in [1.807, 2.05) is 41.3 Å². The number of ether oxygens (including phenoxy) is 1. The summed E-state index contributed by atoms with van der Waals surface area (Å²) in [7, 11) is 0. The molecule has 3 heterocycles. The third-order valence-electron chi connectivity index (χ3n) is 4.57. The number of aryl methyl sites for hydroxylation is 1. The van der Waals surface area contributed by atoms with Gasteiger partial charge in [0, 0.05) is 19.3 Å². The van der Waals surface area contributed by atoms with Crippen molar-refractivity contribution in [2.75, 3.05) is 31.2 Å². The molecule has 6 heteroatoms. The number of rotatable bonds is 3. The van der Waals surface area contributed by atoms with Crippen LogP contribution in [0.4, 0.5) is 5.95 Å². The number of H-pyrrole nitrogens is 1. The minimum absolute atomic E-state index is 0.172. The molecule has 1 N–H and O–H groups in total. The number of hydrogen-bond acceptors (Lipinski definition) is 5. The van der Waals surface area contributed by atoms with E-state index >= 15 is 0 Å². The van der Waals surface area contributed by atoms with Crippen molar-refractivity contribution in [1.29, 1.82) is 0 Å². The van der Waals surface area contributed by atoms with Gasteiger partial charge in [0.05, 0.1) is 18.6 Å². The summed E-state index contributed by atoms with van der Waals surface area (Å²) < 4.78 is 5.36. The van der Waals surface area contributed by atoms with Crippen LogP contribution in [0.5, 0.6) is 0 Å². The molecule has 1 saturated heterocycles. The number of morpholine rings is 1. The van der Waals surface area contributed by atoms with Crippen LogP contribution in [0.15, 0.2) is 41.3 Å². The molecule has 3 aromatic rings. The summed E-state index contributed by atoms with van der Waals surface area (Å²) in [4.78, 5) is 26.5. The van der Waals surface area contributed by atoms with Crippen molar-refractivity contribution in [3.63, 3.8) is 0 Å². The Balaban J connectivity index is 1.75. The van der Waals surface area contributed by atoms with E-state index in [0.717, 1.165) is 11.1 Å². The molecule has 0 amide bonds. The van der Waals surface area contributed by atoms with E-state index in [9.17, 15) is 4.79 Å². The number of fused-ring (bicyclic) bond motifs is 1. The average molecular weight is 348 g/mol. The first kappa shape index (κ1) is 16.5. The largest absolute Gasteiger partial charge is 0.378 e. The smallest absolute Gasteiger partial charge is 0.262 e. The maximum absolute atomic E-state index is 12.7. The number of aromatic nitrogens is 3. The molecule has 4 rings (SSSR count). The van der Waals surface area contributed by atoms with Gasteiger partial charge in [-0.2, -0.15) is 4.98 Å². The Morgan fingerprint density at radius 2 is 1.88 bits per heavy atom. The van der Waals surface area contributed by atoms with Gasteiger partial charge < -0.3 is 9.64 Å². The lowest BCUT2D eigenvalue weighted by atomic mass is 10.1. The third-order valence-corrected chi connectivity index (χ3v) is 4.57. The zero-order chi connectivity index (χ0) is 17.9. The van der Waals surface area contributed by atoms with Crippen molar-refractivity contribution in [2.24, 2.45) is 0 Å². The molecule has 1 aliphatic heterocycles. The van der Waals surface area contributed by atoms with Crippen molar-refractivity contribution in [3.05, 3.63) is 63.6 Å². The van der Waals surface area contributed by atoms with Crippen molar-refractivity contribution >= 4 is 29.1 Å². The fourth-order valence-corrected chi connectivity index (χ4v) is 3.09. The average Bonchev–Trinajstić information content (AvgIpc) is 2.68. The van der Waals surface area contributed by atoms with Gasteiger partial charge >= 0.3 is 0 Å². The minimum Gasteiger partial charge on any atom is -0.378 e. The van der Waals surface area contributed by atoms with Crippen molar-refractivity contribution < 1.29 is 4.74 Å². The first-order chi connectivity index (χ1) is 12.7. The van der Waals surface area contributed by atoms with Crippen molar-refractivity contribution in [2.45, 2.75) is 6.92 Å². The lowest BCUT2D eigenvalue weighted by molar-refractivity contribution is 0.122. The predicted molar refractivity (Wildman–Crippen MR) is 103 cm³/mol. The standard InChI is InChI=1S/C20H20N4O2/c1-14-4-2-3-5-15(14)6-7-16-8-9-21-18-17(16)19(25)23-20(22-18)24-10-12-26-13-11-24/h2-9H,10-13H2,1H3,(H,21,22,23,25)/b7-6+. The summed E-state index contributed by atoms with van der Waals surface area (Å²) in [5, 5.41) is 0.509. The number of benzene rings is 1. The molecule has 26 heavy (non-hydrogen) atoms. The Labute approximate surface area is 151 Å². The SMILES string of the molecule is Cc1ccccc1/C=C/c1ccnc2nc(N3CCOCC3)[nH]c(=O)c12. The maximum Gasteiger partial charge on any atom is 0.262 e. The van der Waals surface area contributed by atoms with Crippen LogP contribution in [0.2, 0.25) is 0 Å². The minimum atomic E-state index is -0.172. The number of pyridine rings is 1. The molecular weight excluding hydrogens is 328 g/mol. The maximum atomic E-state index is 12.7. The Bertz CT molecular complexity index is 1020. The van der Waals surface area contributed by atoms with Crippen LogP contribution < -0.4 is 10.5 Å². The van der Waals surface area contributed by atoms with Crippen LogP contribution in [0.1, 0.15) is 16.7 Å². The molecule has 0 spiro atoms. The Kier molecular flexibility index (Phi) is 4.50. The Hall–Kier alpha value is -2.99. The first-order valence-electron chi connectivity index (χ1n) is 8.68. The summed E-state index contributed by atoms with van der Waals surface area (Å²) in [5.74, 6) is 0.554. The number of hydrogen-bond donors (Lipinski definition) is 1. The fourth-order valence-electron chi connectivity index (χ4n) is 3.09. The second-order valence-electron chi connectivity index (χ2n) is 6.28. The topological polar surface area (TPSA) is 71.1 Å². The zero-order valence-corrected chi connectivity index (χ0v) is 14.6. The Morgan fingerprint density at radius 3 is 2.69 bits per heavy atom. The van der Waals surface area contributed by atoms with Crippen molar-refractivity contribution in [1.82, 2.24) is 15.0 Å². The molecular formula is C20H20N4O2. The van der Waals surface area contributed by atoms with E-state index in [0.29, 0.717) is 43.3 Å². The van der Waals surface area contributed by atoms with Gasteiger partial charge in [0.1, 0.15) is 0 Å². The van der Waals surface area contributed by atoms with Gasteiger partial charge in [-0.3, -0.25) is 9.78 Å². The molecule has 0 radical (unpaired) electrons. The second kappa shape index (κ2) is 7.09. The highest BCUT2D eigenvalue weighted by Crippen LogP contribution is 2.18. The first-order valence-corrected chi connectivity index (χ1v) is 8.68. The van der Waals surface area contributed by atoms with Crippen LogP contribution in [-0.2, 0) is 4.74 Å². The predicted octanol–water partition coefficient (Wildman–Crippen LogP) is 2.63. The Morgan fingerprint density at radius 1 is 1.12 bits per heavy atom. The van der Waals surface area contributed by atoms with Crippen molar-refractivity contribution in [3.8, 4) is 0 Å². The van der Waals surface area contributed by atoms with Gasteiger partial charge in [-0.1, -0.05) is 36.4 Å². The van der Waals surface area contributed by atoms with Gasteiger partial charge in [-0.25, -0.2) is 4.98 Å². The summed E-state index contributed by atoms with van der Waals surface area (Å²) in [6, 6.07) is 9.96. The lowest BCUT2D eigenvalue weighted by Gasteiger charge is -2.27. The molecule has 1 fully saturated rings. The van der Waals surface area contributed by atoms with Gasteiger partial charge in [-0.05, 0) is 29.7 Å². The van der Waals surface area contributed by atoms with E-state index in [1.54, 1.807) is 6.20 Å². The quantitative estimate of drug-likeness (QED) is 0.788. The molecule has 1 aliphatic rings.